The Bertz CT molecular complexity index is 1010. The number of nitrogens with one attached hydrogen (secondary N) is 1. The summed E-state index contributed by atoms with van der Waals surface area (Å²) in [6.07, 6.45) is 0.770. The van der Waals surface area contributed by atoms with Crippen LogP contribution in [-0.2, 0) is 39.0 Å². The molecule has 0 radical (unpaired) electrons. The summed E-state index contributed by atoms with van der Waals surface area (Å²) in [6, 6.07) is 11.6. The highest BCUT2D eigenvalue weighted by Crippen LogP contribution is 2.20. The highest BCUT2D eigenvalue weighted by molar-refractivity contribution is 9.10. The summed E-state index contributed by atoms with van der Waals surface area (Å²) in [4.78, 5) is 12.1. The van der Waals surface area contributed by atoms with E-state index < -0.39 is 15.9 Å². The van der Waals surface area contributed by atoms with Gasteiger partial charge in [0, 0.05) is 4.47 Å². The minimum Gasteiger partial charge on any atom is -0.376 e. The van der Waals surface area contributed by atoms with E-state index in [-0.39, 0.29) is 16.9 Å². The van der Waals surface area contributed by atoms with Crippen molar-refractivity contribution in [3.05, 3.63) is 63.1 Å². The lowest BCUT2D eigenvalue weighted by atomic mass is 9.99. The highest BCUT2D eigenvalue weighted by atomic mass is 79.9. The van der Waals surface area contributed by atoms with Crippen LogP contribution in [0.1, 0.15) is 22.3 Å². The molecule has 0 saturated carbocycles. The van der Waals surface area contributed by atoms with Gasteiger partial charge in [-0.15, -0.1) is 0 Å². The van der Waals surface area contributed by atoms with Crippen LogP contribution in [-0.4, -0.2) is 20.9 Å². The zero-order chi connectivity index (χ0) is 18.7. The normalized spacial score (nSPS) is 13.5. The van der Waals surface area contributed by atoms with Crippen molar-refractivity contribution in [3.63, 3.8) is 0 Å². The van der Waals surface area contributed by atoms with Crippen LogP contribution >= 0.6 is 15.9 Å². The summed E-state index contributed by atoms with van der Waals surface area (Å²) in [5.74, 6) is -0.639. The fraction of sp³-hybridized carbons (Fsp3) is 0.222. The third-order valence-corrected chi connectivity index (χ3v) is 5.78. The standard InChI is InChI=1S/C18H15BrN2O4S/c19-16-6-13(10-20)7-17(9-16)26(23,24)21-18(22)8-12-1-2-14-3-4-25-11-15(14)5-12/h1-2,5-7,9H,3-4,8,11H2,(H,21,22). The molecule has 0 aromatic heterocycles. The molecule has 134 valence electrons. The number of nitriles is 1. The van der Waals surface area contributed by atoms with Crippen LogP contribution in [0.2, 0.25) is 0 Å². The molecule has 0 unspecified atom stereocenters. The molecular formula is C18H15BrN2O4S. The van der Waals surface area contributed by atoms with Gasteiger partial charge in [0.05, 0.1) is 36.2 Å². The van der Waals surface area contributed by atoms with Crippen molar-refractivity contribution in [3.8, 4) is 6.07 Å². The van der Waals surface area contributed by atoms with Gasteiger partial charge in [-0.2, -0.15) is 5.26 Å². The smallest absolute Gasteiger partial charge is 0.264 e. The molecule has 8 heteroatoms. The molecule has 1 aliphatic rings. The van der Waals surface area contributed by atoms with Gasteiger partial charge in [0.25, 0.3) is 10.0 Å². The van der Waals surface area contributed by atoms with Crippen molar-refractivity contribution in [2.24, 2.45) is 0 Å². The molecule has 1 aliphatic heterocycles. The van der Waals surface area contributed by atoms with Crippen molar-refractivity contribution >= 4 is 31.9 Å². The van der Waals surface area contributed by atoms with Gasteiger partial charge in [-0.25, -0.2) is 13.1 Å². The predicted molar refractivity (Wildman–Crippen MR) is 97.7 cm³/mol. The lowest BCUT2D eigenvalue weighted by molar-refractivity contribution is -0.118. The molecule has 1 amide bonds. The van der Waals surface area contributed by atoms with Crippen LogP contribution < -0.4 is 4.72 Å². The molecule has 2 aromatic carbocycles. The summed E-state index contributed by atoms with van der Waals surface area (Å²) >= 11 is 3.16. The van der Waals surface area contributed by atoms with E-state index in [1.807, 2.05) is 24.3 Å². The number of benzene rings is 2. The highest BCUT2D eigenvalue weighted by Gasteiger charge is 2.20. The molecule has 0 atom stereocenters. The van der Waals surface area contributed by atoms with E-state index in [1.54, 1.807) is 0 Å². The Balaban J connectivity index is 1.75. The largest absolute Gasteiger partial charge is 0.376 e. The number of sulfonamides is 1. The first-order valence-electron chi connectivity index (χ1n) is 7.82. The van der Waals surface area contributed by atoms with Crippen LogP contribution in [0.5, 0.6) is 0 Å². The zero-order valence-corrected chi connectivity index (χ0v) is 16.1. The predicted octanol–water partition coefficient (Wildman–Crippen LogP) is 2.44. The summed E-state index contributed by atoms with van der Waals surface area (Å²) in [7, 11) is -4.06. The summed E-state index contributed by atoms with van der Waals surface area (Å²) in [5.41, 5.74) is 3.11. The number of rotatable bonds is 4. The van der Waals surface area contributed by atoms with E-state index in [4.69, 9.17) is 10.00 Å². The fourth-order valence-corrected chi connectivity index (χ4v) is 4.44. The maximum Gasteiger partial charge on any atom is 0.264 e. The number of fused-ring (bicyclic) bond motifs is 1. The molecule has 0 spiro atoms. The average molecular weight is 435 g/mol. The van der Waals surface area contributed by atoms with Crippen LogP contribution in [0.15, 0.2) is 45.8 Å². The van der Waals surface area contributed by atoms with Gasteiger partial charge in [-0.05, 0) is 41.3 Å². The number of nitrogens with zero attached hydrogens (tertiary/aromatic N) is 1. The second-order valence-corrected chi connectivity index (χ2v) is 8.50. The maximum absolute atomic E-state index is 12.4. The van der Waals surface area contributed by atoms with E-state index in [9.17, 15) is 13.2 Å². The van der Waals surface area contributed by atoms with Crippen LogP contribution in [0.3, 0.4) is 0 Å². The minimum atomic E-state index is -4.06. The van der Waals surface area contributed by atoms with E-state index in [0.717, 1.165) is 12.0 Å². The molecule has 3 rings (SSSR count). The maximum atomic E-state index is 12.4. The molecule has 6 nitrogen and oxygen atoms in total. The van der Waals surface area contributed by atoms with Crippen molar-refractivity contribution in [1.29, 1.82) is 5.26 Å². The second-order valence-electron chi connectivity index (χ2n) is 5.90. The van der Waals surface area contributed by atoms with Gasteiger partial charge >= 0.3 is 0 Å². The molecule has 0 saturated heterocycles. The second kappa shape index (κ2) is 7.58. The molecule has 0 fully saturated rings. The van der Waals surface area contributed by atoms with E-state index in [1.165, 1.54) is 23.8 Å². The Morgan fingerprint density at radius 2 is 2.04 bits per heavy atom. The summed E-state index contributed by atoms with van der Waals surface area (Å²) in [5, 5.41) is 8.96. The third kappa shape index (κ3) is 4.30. The van der Waals surface area contributed by atoms with E-state index in [0.29, 0.717) is 23.2 Å². The third-order valence-electron chi connectivity index (χ3n) is 3.97. The van der Waals surface area contributed by atoms with Crippen LogP contribution in [0.4, 0.5) is 0 Å². The van der Waals surface area contributed by atoms with Crippen LogP contribution in [0.25, 0.3) is 0 Å². The van der Waals surface area contributed by atoms with Gasteiger partial charge in [-0.1, -0.05) is 34.1 Å². The lowest BCUT2D eigenvalue weighted by Gasteiger charge is -2.17. The molecule has 2 aromatic rings. The molecule has 1 heterocycles. The Kier molecular flexibility index (Phi) is 5.41. The monoisotopic (exact) mass is 434 g/mol. The van der Waals surface area contributed by atoms with Crippen LogP contribution in [0, 0.1) is 11.3 Å². The Morgan fingerprint density at radius 3 is 2.81 bits per heavy atom. The fourth-order valence-electron chi connectivity index (χ4n) is 2.74. The minimum absolute atomic E-state index is 0.0639. The Labute approximate surface area is 160 Å². The number of halogens is 1. The number of amides is 1. The number of ether oxygens (including phenoxy) is 1. The topological polar surface area (TPSA) is 96.3 Å². The summed E-state index contributed by atoms with van der Waals surface area (Å²) in [6.45, 7) is 1.18. The Morgan fingerprint density at radius 1 is 1.23 bits per heavy atom. The van der Waals surface area contributed by atoms with Gasteiger partial charge in [0.15, 0.2) is 0 Å². The number of carbonyl (C=O) groups is 1. The zero-order valence-electron chi connectivity index (χ0n) is 13.7. The van der Waals surface area contributed by atoms with Crippen molar-refractivity contribution in [2.75, 3.05) is 6.61 Å². The van der Waals surface area contributed by atoms with Crippen molar-refractivity contribution in [2.45, 2.75) is 24.3 Å². The molecule has 1 N–H and O–H groups in total. The van der Waals surface area contributed by atoms with Crippen molar-refractivity contribution < 1.29 is 17.9 Å². The first kappa shape index (κ1) is 18.6. The first-order valence-corrected chi connectivity index (χ1v) is 10.1. The molecule has 0 bridgehead atoms. The van der Waals surface area contributed by atoms with Gasteiger partial charge in [0.1, 0.15) is 0 Å². The average Bonchev–Trinajstić information content (AvgIpc) is 2.60. The van der Waals surface area contributed by atoms with Gasteiger partial charge < -0.3 is 4.74 Å². The number of hydrogen-bond acceptors (Lipinski definition) is 5. The molecule has 26 heavy (non-hydrogen) atoms. The van der Waals surface area contributed by atoms with Gasteiger partial charge in [-0.3, -0.25) is 4.79 Å². The quantitative estimate of drug-likeness (QED) is 0.796. The number of carbonyl (C=O) groups excluding carboxylic acids is 1. The summed E-state index contributed by atoms with van der Waals surface area (Å²) < 4.78 is 32.7. The van der Waals surface area contributed by atoms with Gasteiger partial charge in [0.2, 0.25) is 5.91 Å². The SMILES string of the molecule is N#Cc1cc(Br)cc(S(=O)(=O)NC(=O)Cc2ccc3c(c2)COCC3)c1. The molecule has 0 aliphatic carbocycles. The molecular weight excluding hydrogens is 420 g/mol. The van der Waals surface area contributed by atoms with E-state index in [2.05, 4.69) is 20.7 Å². The van der Waals surface area contributed by atoms with E-state index >= 15 is 0 Å². The first-order chi connectivity index (χ1) is 12.4. The number of hydrogen-bond donors (Lipinski definition) is 1. The van der Waals surface area contributed by atoms with Crippen molar-refractivity contribution in [1.82, 2.24) is 4.72 Å². The lowest BCUT2D eigenvalue weighted by Crippen LogP contribution is -2.32. The Hall–Kier alpha value is -2.21.